The van der Waals surface area contributed by atoms with Gasteiger partial charge in [0.15, 0.2) is 0 Å². The number of urea groups is 1. The first kappa shape index (κ1) is 20.1. The van der Waals surface area contributed by atoms with Gasteiger partial charge in [-0.15, -0.1) is 0 Å². The third kappa shape index (κ3) is 4.68. The zero-order valence-electron chi connectivity index (χ0n) is 16.9. The number of oxazole rings is 1. The van der Waals surface area contributed by atoms with Crippen LogP contribution >= 0.6 is 0 Å². The molecule has 1 saturated heterocycles. The molecule has 1 atom stereocenters. The van der Waals surface area contributed by atoms with Crippen molar-refractivity contribution in [3.05, 3.63) is 77.9 Å². The average molecular weight is 408 g/mol. The summed E-state index contributed by atoms with van der Waals surface area (Å²) in [7, 11) is 2.08. The molecule has 6 nitrogen and oxygen atoms in total. The second kappa shape index (κ2) is 9.09. The van der Waals surface area contributed by atoms with E-state index in [1.807, 2.05) is 23.1 Å². The van der Waals surface area contributed by atoms with Gasteiger partial charge in [0.1, 0.15) is 12.1 Å². The molecule has 1 aromatic heterocycles. The number of piperazine rings is 1. The van der Waals surface area contributed by atoms with Gasteiger partial charge in [-0.3, -0.25) is 0 Å². The second-order valence-electron chi connectivity index (χ2n) is 7.51. The van der Waals surface area contributed by atoms with Gasteiger partial charge >= 0.3 is 6.03 Å². The minimum absolute atomic E-state index is 0.0297. The fraction of sp³-hybridized carbons (Fsp3) is 0.304. The normalized spacial score (nSPS) is 17.1. The SMILES string of the molecule is CN1CCN(C(=O)NCCc2coc(-c3ccc(F)cc3)n2)C(c2ccccc2)C1. The first-order chi connectivity index (χ1) is 14.6. The molecular weight excluding hydrogens is 383 g/mol. The van der Waals surface area contributed by atoms with Crippen molar-refractivity contribution in [2.45, 2.75) is 12.5 Å². The molecule has 2 aromatic carbocycles. The lowest BCUT2D eigenvalue weighted by Crippen LogP contribution is -2.52. The fourth-order valence-corrected chi connectivity index (χ4v) is 3.67. The molecule has 1 aliphatic rings. The van der Waals surface area contributed by atoms with Gasteiger partial charge in [-0.05, 0) is 36.9 Å². The van der Waals surface area contributed by atoms with Crippen LogP contribution in [0.2, 0.25) is 0 Å². The van der Waals surface area contributed by atoms with Gasteiger partial charge in [-0.25, -0.2) is 14.2 Å². The Morgan fingerprint density at radius 2 is 1.93 bits per heavy atom. The molecule has 0 saturated carbocycles. The standard InChI is InChI=1S/C23H25FN4O2/c1-27-13-14-28(21(15-27)17-5-3-2-4-6-17)23(29)25-12-11-20-16-30-22(26-20)18-7-9-19(24)10-8-18/h2-10,16,21H,11-15H2,1H3,(H,25,29). The van der Waals surface area contributed by atoms with Crippen molar-refractivity contribution >= 4 is 6.03 Å². The number of carbonyl (C=O) groups excluding carboxylic acids is 1. The van der Waals surface area contributed by atoms with Gasteiger partial charge in [0.2, 0.25) is 5.89 Å². The van der Waals surface area contributed by atoms with Crippen molar-refractivity contribution in [3.8, 4) is 11.5 Å². The number of benzene rings is 2. The van der Waals surface area contributed by atoms with Crippen molar-refractivity contribution in [1.82, 2.24) is 20.1 Å². The maximum Gasteiger partial charge on any atom is 0.318 e. The van der Waals surface area contributed by atoms with E-state index in [-0.39, 0.29) is 17.9 Å². The summed E-state index contributed by atoms with van der Waals surface area (Å²) < 4.78 is 18.6. The summed E-state index contributed by atoms with van der Waals surface area (Å²) in [6, 6.07) is 16.1. The number of hydrogen-bond acceptors (Lipinski definition) is 4. The monoisotopic (exact) mass is 408 g/mol. The molecule has 30 heavy (non-hydrogen) atoms. The first-order valence-electron chi connectivity index (χ1n) is 10.1. The molecule has 156 valence electrons. The van der Waals surface area contributed by atoms with Crippen LogP contribution in [0.25, 0.3) is 11.5 Å². The molecule has 3 aromatic rings. The lowest BCUT2D eigenvalue weighted by Gasteiger charge is -2.40. The smallest absolute Gasteiger partial charge is 0.318 e. The Kier molecular flexibility index (Phi) is 6.09. The first-order valence-corrected chi connectivity index (χ1v) is 10.1. The Bertz CT molecular complexity index is 974. The summed E-state index contributed by atoms with van der Waals surface area (Å²) in [6.45, 7) is 2.80. The van der Waals surface area contributed by atoms with Gasteiger partial charge in [-0.1, -0.05) is 30.3 Å². The predicted molar refractivity (Wildman–Crippen MR) is 112 cm³/mol. The molecule has 0 radical (unpaired) electrons. The molecule has 0 spiro atoms. The van der Waals surface area contributed by atoms with Crippen LogP contribution in [0.3, 0.4) is 0 Å². The van der Waals surface area contributed by atoms with E-state index < -0.39 is 0 Å². The van der Waals surface area contributed by atoms with Crippen LogP contribution in [-0.2, 0) is 6.42 Å². The second-order valence-corrected chi connectivity index (χ2v) is 7.51. The number of carbonyl (C=O) groups is 1. The molecule has 7 heteroatoms. The van der Waals surface area contributed by atoms with Crippen LogP contribution in [-0.4, -0.2) is 54.0 Å². The molecule has 0 aliphatic carbocycles. The number of nitrogens with one attached hydrogen (secondary N) is 1. The maximum atomic E-state index is 13.1. The topological polar surface area (TPSA) is 61.6 Å². The van der Waals surface area contributed by atoms with Crippen LogP contribution in [0, 0.1) is 5.82 Å². The van der Waals surface area contributed by atoms with E-state index in [9.17, 15) is 9.18 Å². The summed E-state index contributed by atoms with van der Waals surface area (Å²) >= 11 is 0. The van der Waals surface area contributed by atoms with Crippen LogP contribution in [0.4, 0.5) is 9.18 Å². The highest BCUT2D eigenvalue weighted by atomic mass is 19.1. The number of amides is 2. The predicted octanol–water partition coefficient (Wildman–Crippen LogP) is 3.72. The Morgan fingerprint density at radius 1 is 1.17 bits per heavy atom. The summed E-state index contributed by atoms with van der Waals surface area (Å²) in [6.07, 6.45) is 2.13. The Morgan fingerprint density at radius 3 is 2.70 bits per heavy atom. The number of aromatic nitrogens is 1. The van der Waals surface area contributed by atoms with Crippen LogP contribution in [0.1, 0.15) is 17.3 Å². The van der Waals surface area contributed by atoms with Crippen molar-refractivity contribution in [3.63, 3.8) is 0 Å². The van der Waals surface area contributed by atoms with Crippen LogP contribution in [0.5, 0.6) is 0 Å². The van der Waals surface area contributed by atoms with E-state index in [2.05, 4.69) is 34.4 Å². The highest BCUT2D eigenvalue weighted by molar-refractivity contribution is 5.75. The molecular formula is C23H25FN4O2. The molecule has 1 fully saturated rings. The molecule has 1 aliphatic heterocycles. The highest BCUT2D eigenvalue weighted by Gasteiger charge is 2.30. The summed E-state index contributed by atoms with van der Waals surface area (Å²) in [5.41, 5.74) is 2.60. The van der Waals surface area contributed by atoms with Crippen LogP contribution < -0.4 is 5.32 Å². The van der Waals surface area contributed by atoms with Gasteiger partial charge in [0.05, 0.1) is 11.7 Å². The molecule has 2 heterocycles. The minimum atomic E-state index is -0.300. The van der Waals surface area contributed by atoms with Crippen molar-refractivity contribution in [2.75, 3.05) is 33.2 Å². The number of nitrogens with zero attached hydrogens (tertiary/aromatic N) is 3. The maximum absolute atomic E-state index is 13.1. The van der Waals surface area contributed by atoms with E-state index in [1.165, 1.54) is 12.1 Å². The Labute approximate surface area is 175 Å². The number of rotatable bonds is 5. The number of hydrogen-bond donors (Lipinski definition) is 1. The van der Waals surface area contributed by atoms with E-state index in [0.29, 0.717) is 25.4 Å². The highest BCUT2D eigenvalue weighted by Crippen LogP contribution is 2.25. The van der Waals surface area contributed by atoms with Crippen molar-refractivity contribution < 1.29 is 13.6 Å². The average Bonchev–Trinajstić information content (AvgIpc) is 3.23. The molecule has 1 unspecified atom stereocenters. The quantitative estimate of drug-likeness (QED) is 0.699. The molecule has 1 N–H and O–H groups in total. The minimum Gasteiger partial charge on any atom is -0.444 e. The zero-order valence-corrected chi connectivity index (χ0v) is 16.9. The lowest BCUT2D eigenvalue weighted by molar-refractivity contribution is 0.109. The molecule has 4 rings (SSSR count). The van der Waals surface area contributed by atoms with Gasteiger partial charge < -0.3 is 19.5 Å². The Balaban J connectivity index is 1.34. The zero-order chi connectivity index (χ0) is 20.9. The Hall–Kier alpha value is -3.19. The summed E-state index contributed by atoms with van der Waals surface area (Å²) in [4.78, 5) is 21.4. The van der Waals surface area contributed by atoms with E-state index >= 15 is 0 Å². The molecule has 0 bridgehead atoms. The third-order valence-electron chi connectivity index (χ3n) is 5.33. The third-order valence-corrected chi connectivity index (χ3v) is 5.33. The number of halogens is 1. The van der Waals surface area contributed by atoms with Gasteiger partial charge in [-0.2, -0.15) is 0 Å². The van der Waals surface area contributed by atoms with Crippen molar-refractivity contribution in [1.29, 1.82) is 0 Å². The number of likely N-dealkylation sites (N-methyl/N-ethyl adjacent to an activating group) is 1. The molecule has 2 amide bonds. The summed E-state index contributed by atoms with van der Waals surface area (Å²) in [5, 5.41) is 3.01. The van der Waals surface area contributed by atoms with Gasteiger partial charge in [0, 0.05) is 38.2 Å². The van der Waals surface area contributed by atoms with Crippen molar-refractivity contribution in [2.24, 2.45) is 0 Å². The summed E-state index contributed by atoms with van der Waals surface area (Å²) in [5.74, 6) is 0.144. The van der Waals surface area contributed by atoms with Gasteiger partial charge in [0.25, 0.3) is 0 Å². The van der Waals surface area contributed by atoms with E-state index in [4.69, 9.17) is 4.42 Å². The van der Waals surface area contributed by atoms with E-state index in [1.54, 1.807) is 18.4 Å². The largest absolute Gasteiger partial charge is 0.444 e. The fourth-order valence-electron chi connectivity index (χ4n) is 3.67. The lowest BCUT2D eigenvalue weighted by atomic mass is 10.0. The van der Waals surface area contributed by atoms with Crippen LogP contribution in [0.15, 0.2) is 65.3 Å². The van der Waals surface area contributed by atoms with E-state index in [0.717, 1.165) is 29.9 Å².